The highest BCUT2D eigenvalue weighted by atomic mass is 32.2. The second kappa shape index (κ2) is 7.16. The van der Waals surface area contributed by atoms with E-state index < -0.39 is 0 Å². The number of methoxy groups -OCH3 is 1. The van der Waals surface area contributed by atoms with Crippen molar-refractivity contribution < 1.29 is 14.7 Å². The van der Waals surface area contributed by atoms with E-state index in [1.165, 1.54) is 0 Å². The predicted molar refractivity (Wildman–Crippen MR) is 77.1 cm³/mol. The molecule has 1 aromatic carbocycles. The Kier molecular flexibility index (Phi) is 5.25. The van der Waals surface area contributed by atoms with Crippen molar-refractivity contribution in [3.05, 3.63) is 18.2 Å². The van der Waals surface area contributed by atoms with Crippen LogP contribution in [0.5, 0.6) is 5.75 Å². The van der Waals surface area contributed by atoms with Crippen molar-refractivity contribution in [2.45, 2.75) is 24.4 Å². The Balaban J connectivity index is 1.83. The highest BCUT2D eigenvalue weighted by molar-refractivity contribution is 7.99. The van der Waals surface area contributed by atoms with Gasteiger partial charge in [0.15, 0.2) is 5.16 Å². The third kappa shape index (κ3) is 3.88. The normalized spacial score (nSPS) is 10.7. The zero-order chi connectivity index (χ0) is 14.4. The molecule has 0 saturated carbocycles. The van der Waals surface area contributed by atoms with E-state index in [1.807, 2.05) is 18.2 Å². The number of nitrogens with one attached hydrogen (secondary N) is 2. The number of hydroxylamine groups is 1. The Morgan fingerprint density at radius 2 is 2.35 bits per heavy atom. The van der Waals surface area contributed by atoms with Gasteiger partial charge in [-0.25, -0.2) is 10.5 Å². The smallest absolute Gasteiger partial charge is 0.243 e. The van der Waals surface area contributed by atoms with Crippen LogP contribution in [-0.4, -0.2) is 33.9 Å². The lowest BCUT2D eigenvalue weighted by molar-refractivity contribution is -0.129. The van der Waals surface area contributed by atoms with Gasteiger partial charge >= 0.3 is 0 Å². The third-order valence-corrected chi connectivity index (χ3v) is 3.79. The largest absolute Gasteiger partial charge is 0.497 e. The summed E-state index contributed by atoms with van der Waals surface area (Å²) < 4.78 is 5.16. The van der Waals surface area contributed by atoms with Crippen molar-refractivity contribution in [3.63, 3.8) is 0 Å². The van der Waals surface area contributed by atoms with Crippen LogP contribution in [0.25, 0.3) is 11.0 Å². The van der Waals surface area contributed by atoms with Crippen LogP contribution in [0.3, 0.4) is 0 Å². The molecule has 1 heterocycles. The van der Waals surface area contributed by atoms with Crippen LogP contribution in [0.1, 0.15) is 19.3 Å². The minimum atomic E-state index is -0.342. The van der Waals surface area contributed by atoms with Gasteiger partial charge in [0.05, 0.1) is 18.1 Å². The highest BCUT2D eigenvalue weighted by Crippen LogP contribution is 2.23. The van der Waals surface area contributed by atoms with Crippen LogP contribution in [-0.2, 0) is 4.79 Å². The van der Waals surface area contributed by atoms with Gasteiger partial charge in [-0.3, -0.25) is 10.0 Å². The third-order valence-electron chi connectivity index (χ3n) is 2.83. The molecule has 1 amide bonds. The van der Waals surface area contributed by atoms with Gasteiger partial charge < -0.3 is 9.72 Å². The number of rotatable bonds is 7. The van der Waals surface area contributed by atoms with Gasteiger partial charge in [-0.2, -0.15) is 0 Å². The molecule has 0 aliphatic heterocycles. The van der Waals surface area contributed by atoms with Gasteiger partial charge in [0.1, 0.15) is 5.75 Å². The van der Waals surface area contributed by atoms with E-state index in [9.17, 15) is 4.79 Å². The first-order chi connectivity index (χ1) is 9.72. The molecule has 0 saturated heterocycles. The summed E-state index contributed by atoms with van der Waals surface area (Å²) in [5.74, 6) is 1.33. The molecule has 0 aliphatic rings. The lowest BCUT2D eigenvalue weighted by Gasteiger charge is -1.98. The Morgan fingerprint density at radius 1 is 1.50 bits per heavy atom. The van der Waals surface area contributed by atoms with Crippen molar-refractivity contribution in [2.24, 2.45) is 0 Å². The van der Waals surface area contributed by atoms with Gasteiger partial charge in [0.25, 0.3) is 0 Å². The maximum Gasteiger partial charge on any atom is 0.243 e. The van der Waals surface area contributed by atoms with Crippen molar-refractivity contribution in [1.82, 2.24) is 15.4 Å². The Morgan fingerprint density at radius 3 is 3.10 bits per heavy atom. The summed E-state index contributed by atoms with van der Waals surface area (Å²) in [6.07, 6.45) is 1.97. The number of fused-ring (bicyclic) bond motifs is 1. The first-order valence-corrected chi connectivity index (χ1v) is 7.31. The summed E-state index contributed by atoms with van der Waals surface area (Å²) in [6, 6.07) is 5.71. The van der Waals surface area contributed by atoms with E-state index in [4.69, 9.17) is 9.94 Å². The molecule has 0 aliphatic carbocycles. The predicted octanol–water partition coefficient (Wildman–Crippen LogP) is 2.34. The molecule has 7 heteroatoms. The number of thioether (sulfide) groups is 1. The van der Waals surface area contributed by atoms with E-state index in [1.54, 1.807) is 24.4 Å². The molecule has 0 bridgehead atoms. The van der Waals surface area contributed by atoms with Crippen LogP contribution in [0, 0.1) is 0 Å². The first kappa shape index (κ1) is 14.7. The number of unbranched alkanes of at least 4 members (excludes halogenated alkanes) is 1. The number of hydrogen-bond donors (Lipinski definition) is 3. The molecule has 0 atom stereocenters. The van der Waals surface area contributed by atoms with Gasteiger partial charge in [0, 0.05) is 18.2 Å². The molecule has 6 nitrogen and oxygen atoms in total. The summed E-state index contributed by atoms with van der Waals surface area (Å²) in [7, 11) is 1.63. The number of carbonyl (C=O) groups is 1. The number of hydrogen-bond acceptors (Lipinski definition) is 5. The molecule has 2 rings (SSSR count). The topological polar surface area (TPSA) is 87.2 Å². The quantitative estimate of drug-likeness (QED) is 0.316. The number of carbonyl (C=O) groups excluding carboxylic acids is 1. The first-order valence-electron chi connectivity index (χ1n) is 6.32. The molecule has 2 aromatic rings. The Hall–Kier alpha value is -1.73. The summed E-state index contributed by atoms with van der Waals surface area (Å²) in [4.78, 5) is 18.5. The van der Waals surface area contributed by atoms with Crippen LogP contribution in [0.4, 0.5) is 0 Å². The molecule has 3 N–H and O–H groups in total. The molecule has 0 fully saturated rings. The number of amides is 1. The fraction of sp³-hybridized carbons (Fsp3) is 0.385. The van der Waals surface area contributed by atoms with Crippen molar-refractivity contribution >= 4 is 28.7 Å². The second-order valence-corrected chi connectivity index (χ2v) is 5.35. The zero-order valence-corrected chi connectivity index (χ0v) is 12.0. The summed E-state index contributed by atoms with van der Waals surface area (Å²) in [5.41, 5.74) is 3.49. The molecule has 0 unspecified atom stereocenters. The number of aromatic nitrogens is 2. The van der Waals surface area contributed by atoms with E-state index in [0.717, 1.165) is 40.5 Å². The van der Waals surface area contributed by atoms with Crippen LogP contribution in [0.2, 0.25) is 0 Å². The maximum absolute atomic E-state index is 10.8. The molecular weight excluding hydrogens is 278 g/mol. The number of H-pyrrole nitrogens is 1. The zero-order valence-electron chi connectivity index (χ0n) is 11.2. The fourth-order valence-electron chi connectivity index (χ4n) is 1.77. The lowest BCUT2D eigenvalue weighted by Crippen LogP contribution is -2.17. The van der Waals surface area contributed by atoms with E-state index in [2.05, 4.69) is 9.97 Å². The van der Waals surface area contributed by atoms with E-state index in [-0.39, 0.29) is 5.91 Å². The van der Waals surface area contributed by atoms with Crippen molar-refractivity contribution in [2.75, 3.05) is 12.9 Å². The van der Waals surface area contributed by atoms with Crippen LogP contribution < -0.4 is 10.2 Å². The van der Waals surface area contributed by atoms with Crippen molar-refractivity contribution in [1.29, 1.82) is 0 Å². The summed E-state index contributed by atoms with van der Waals surface area (Å²) >= 11 is 1.62. The van der Waals surface area contributed by atoms with E-state index >= 15 is 0 Å². The van der Waals surface area contributed by atoms with E-state index in [0.29, 0.717) is 6.42 Å². The number of imidazole rings is 1. The number of aromatic amines is 1. The lowest BCUT2D eigenvalue weighted by atomic mass is 10.2. The average Bonchev–Trinajstić information content (AvgIpc) is 2.88. The maximum atomic E-state index is 10.8. The fourth-order valence-corrected chi connectivity index (χ4v) is 2.66. The van der Waals surface area contributed by atoms with Gasteiger partial charge in [-0.15, -0.1) is 0 Å². The Labute approximate surface area is 120 Å². The second-order valence-electron chi connectivity index (χ2n) is 4.27. The monoisotopic (exact) mass is 295 g/mol. The van der Waals surface area contributed by atoms with Crippen LogP contribution in [0.15, 0.2) is 23.4 Å². The molecule has 0 spiro atoms. The molecule has 108 valence electrons. The molecular formula is C13H17N3O3S. The van der Waals surface area contributed by atoms with Crippen molar-refractivity contribution in [3.8, 4) is 5.75 Å². The number of benzene rings is 1. The number of ether oxygens (including phenoxy) is 1. The Bertz CT molecular complexity index is 585. The minimum absolute atomic E-state index is 0.342. The molecule has 1 aromatic heterocycles. The average molecular weight is 295 g/mol. The van der Waals surface area contributed by atoms with Gasteiger partial charge in [0.2, 0.25) is 5.91 Å². The summed E-state index contributed by atoms with van der Waals surface area (Å²) in [6.45, 7) is 0. The van der Waals surface area contributed by atoms with Crippen LogP contribution >= 0.6 is 11.8 Å². The summed E-state index contributed by atoms with van der Waals surface area (Å²) in [5, 5.41) is 9.22. The standard InChI is InChI=1S/C13H17N3O3S/c1-19-9-5-6-10-11(8-9)15-13(14-10)20-7-3-2-4-12(17)16-18/h5-6,8,18H,2-4,7H2,1H3,(H,14,15)(H,16,17). The molecule has 20 heavy (non-hydrogen) atoms. The minimum Gasteiger partial charge on any atom is -0.497 e. The SMILES string of the molecule is COc1ccc2nc(SCCCCC(=O)NO)[nH]c2c1. The van der Waals surface area contributed by atoms with Gasteiger partial charge in [-0.05, 0) is 25.0 Å². The van der Waals surface area contributed by atoms with Gasteiger partial charge in [-0.1, -0.05) is 11.8 Å². The highest BCUT2D eigenvalue weighted by Gasteiger charge is 2.05. The number of nitrogens with zero attached hydrogens (tertiary/aromatic N) is 1. The molecule has 0 radical (unpaired) electrons.